The van der Waals surface area contributed by atoms with Crippen molar-refractivity contribution in [3.63, 3.8) is 0 Å². The number of anilines is 1. The molecule has 94 valence electrons. The Morgan fingerprint density at radius 3 is 2.22 bits per heavy atom. The van der Waals surface area contributed by atoms with Crippen molar-refractivity contribution in [2.45, 2.75) is 6.92 Å². The number of benzene rings is 1. The van der Waals surface area contributed by atoms with E-state index in [1.807, 2.05) is 6.92 Å². The molecule has 0 atom stereocenters. The van der Waals surface area contributed by atoms with Gasteiger partial charge in [-0.2, -0.15) is 0 Å². The van der Waals surface area contributed by atoms with Crippen molar-refractivity contribution in [3.05, 3.63) is 36.4 Å². The molecule has 0 saturated heterocycles. The Labute approximate surface area is 105 Å². The number of rotatable bonds is 5. The zero-order valence-corrected chi connectivity index (χ0v) is 9.96. The van der Waals surface area contributed by atoms with E-state index in [-0.39, 0.29) is 18.6 Å². The Morgan fingerprint density at radius 1 is 1.06 bits per heavy atom. The van der Waals surface area contributed by atoms with Crippen molar-refractivity contribution >= 4 is 17.5 Å². The fraction of sp³-hybridized carbons (Fsp3) is 0.231. The van der Waals surface area contributed by atoms with Gasteiger partial charge in [-0.25, -0.2) is 4.90 Å². The van der Waals surface area contributed by atoms with Crippen molar-refractivity contribution in [3.8, 4) is 5.75 Å². The van der Waals surface area contributed by atoms with Crippen LogP contribution in [-0.4, -0.2) is 25.2 Å². The van der Waals surface area contributed by atoms with Gasteiger partial charge in [-0.15, -0.1) is 0 Å². The molecular weight excluding hydrogens is 234 g/mol. The Kier molecular flexibility index (Phi) is 3.74. The van der Waals surface area contributed by atoms with Crippen LogP contribution in [0.15, 0.2) is 36.4 Å². The minimum Gasteiger partial charge on any atom is -0.468 e. The minimum atomic E-state index is -0.331. The van der Waals surface area contributed by atoms with Crippen molar-refractivity contribution in [2.75, 3.05) is 18.3 Å². The standard InChI is InChI=1S/C13H13NO4/c1-2-17-9-18-11-5-3-10(4-6-11)14-12(15)7-8-13(14)16/h3-8H,2,9H2,1H3. The summed E-state index contributed by atoms with van der Waals surface area (Å²) in [5.74, 6) is -0.0368. The summed E-state index contributed by atoms with van der Waals surface area (Å²) in [6.07, 6.45) is 2.50. The molecule has 1 aromatic rings. The normalized spacial score (nSPS) is 14.4. The largest absolute Gasteiger partial charge is 0.468 e. The van der Waals surface area contributed by atoms with Crippen LogP contribution in [0.2, 0.25) is 0 Å². The van der Waals surface area contributed by atoms with E-state index in [9.17, 15) is 9.59 Å². The van der Waals surface area contributed by atoms with E-state index in [1.54, 1.807) is 24.3 Å². The Morgan fingerprint density at radius 2 is 1.67 bits per heavy atom. The molecule has 5 heteroatoms. The molecule has 1 heterocycles. The summed E-state index contributed by atoms with van der Waals surface area (Å²) in [5.41, 5.74) is 0.527. The second kappa shape index (κ2) is 5.46. The van der Waals surface area contributed by atoms with E-state index in [0.717, 1.165) is 4.90 Å². The van der Waals surface area contributed by atoms with Crippen LogP contribution in [0.1, 0.15) is 6.92 Å². The summed E-state index contributed by atoms with van der Waals surface area (Å²) in [4.78, 5) is 24.0. The summed E-state index contributed by atoms with van der Waals surface area (Å²) < 4.78 is 10.3. The molecule has 0 aromatic heterocycles. The molecule has 5 nitrogen and oxygen atoms in total. The topological polar surface area (TPSA) is 55.8 Å². The first-order valence-electron chi connectivity index (χ1n) is 5.59. The van der Waals surface area contributed by atoms with Gasteiger partial charge >= 0.3 is 0 Å². The van der Waals surface area contributed by atoms with Gasteiger partial charge in [0.05, 0.1) is 5.69 Å². The number of carbonyl (C=O) groups is 2. The quantitative estimate of drug-likeness (QED) is 0.449. The van der Waals surface area contributed by atoms with E-state index >= 15 is 0 Å². The van der Waals surface area contributed by atoms with Crippen molar-refractivity contribution < 1.29 is 19.1 Å². The molecule has 1 aliphatic rings. The Bertz CT molecular complexity index is 460. The molecule has 0 spiro atoms. The molecule has 0 saturated carbocycles. The Hall–Kier alpha value is -2.14. The van der Waals surface area contributed by atoms with Crippen LogP contribution < -0.4 is 9.64 Å². The number of ether oxygens (including phenoxy) is 2. The van der Waals surface area contributed by atoms with Crippen LogP contribution in [0.4, 0.5) is 5.69 Å². The SMILES string of the molecule is CCOCOc1ccc(N2C(=O)C=CC2=O)cc1. The fourth-order valence-electron chi connectivity index (χ4n) is 1.54. The number of nitrogens with zero attached hydrogens (tertiary/aromatic N) is 1. The van der Waals surface area contributed by atoms with E-state index < -0.39 is 0 Å². The number of imide groups is 1. The van der Waals surface area contributed by atoms with Crippen molar-refractivity contribution in [1.29, 1.82) is 0 Å². The molecule has 0 bridgehead atoms. The third kappa shape index (κ3) is 2.57. The van der Waals surface area contributed by atoms with Crippen LogP contribution >= 0.6 is 0 Å². The second-order valence-corrected chi connectivity index (χ2v) is 3.59. The summed E-state index contributed by atoms with van der Waals surface area (Å²) in [6, 6.07) is 6.69. The molecule has 18 heavy (non-hydrogen) atoms. The van der Waals surface area contributed by atoms with Gasteiger partial charge in [0.2, 0.25) is 0 Å². The highest BCUT2D eigenvalue weighted by Gasteiger charge is 2.24. The average Bonchev–Trinajstić information content (AvgIpc) is 2.71. The highest BCUT2D eigenvalue weighted by Crippen LogP contribution is 2.22. The van der Waals surface area contributed by atoms with Crippen LogP contribution in [0, 0.1) is 0 Å². The average molecular weight is 247 g/mol. The molecule has 2 amide bonds. The lowest BCUT2D eigenvalue weighted by atomic mass is 10.3. The van der Waals surface area contributed by atoms with Gasteiger partial charge in [-0.1, -0.05) is 0 Å². The first-order valence-corrected chi connectivity index (χ1v) is 5.59. The van der Waals surface area contributed by atoms with Gasteiger partial charge in [0.15, 0.2) is 6.79 Å². The van der Waals surface area contributed by atoms with Crippen LogP contribution in [0.5, 0.6) is 5.75 Å². The summed E-state index contributed by atoms with van der Waals surface area (Å²) in [7, 11) is 0. The van der Waals surface area contributed by atoms with Crippen molar-refractivity contribution in [2.24, 2.45) is 0 Å². The maximum Gasteiger partial charge on any atom is 0.258 e. The maximum absolute atomic E-state index is 11.4. The van der Waals surface area contributed by atoms with E-state index in [1.165, 1.54) is 12.2 Å². The fourth-order valence-corrected chi connectivity index (χ4v) is 1.54. The summed E-state index contributed by atoms with van der Waals surface area (Å²) in [6.45, 7) is 2.64. The van der Waals surface area contributed by atoms with Gasteiger partial charge in [0.25, 0.3) is 11.8 Å². The highest BCUT2D eigenvalue weighted by molar-refractivity contribution is 6.28. The molecule has 0 N–H and O–H groups in total. The smallest absolute Gasteiger partial charge is 0.258 e. The lowest BCUT2D eigenvalue weighted by molar-refractivity contribution is -0.119. The lowest BCUT2D eigenvalue weighted by Gasteiger charge is -2.14. The number of hydrogen-bond donors (Lipinski definition) is 0. The first-order chi connectivity index (χ1) is 8.72. The third-order valence-electron chi connectivity index (χ3n) is 2.42. The molecule has 1 aliphatic heterocycles. The van der Waals surface area contributed by atoms with Crippen LogP contribution in [0.3, 0.4) is 0 Å². The highest BCUT2D eigenvalue weighted by atomic mass is 16.7. The molecule has 1 aromatic carbocycles. The predicted octanol–water partition coefficient (Wildman–Crippen LogP) is 1.49. The molecule has 0 aliphatic carbocycles. The first kappa shape index (κ1) is 12.3. The molecule has 2 rings (SSSR count). The van der Waals surface area contributed by atoms with E-state index in [0.29, 0.717) is 18.0 Å². The third-order valence-corrected chi connectivity index (χ3v) is 2.42. The number of carbonyl (C=O) groups excluding carboxylic acids is 2. The molecule has 0 radical (unpaired) electrons. The van der Waals surface area contributed by atoms with Crippen LogP contribution in [0.25, 0.3) is 0 Å². The van der Waals surface area contributed by atoms with E-state index in [2.05, 4.69) is 0 Å². The number of hydrogen-bond acceptors (Lipinski definition) is 4. The Balaban J connectivity index is 2.04. The maximum atomic E-state index is 11.4. The van der Waals surface area contributed by atoms with Gasteiger partial charge < -0.3 is 9.47 Å². The van der Waals surface area contributed by atoms with Crippen LogP contribution in [-0.2, 0) is 14.3 Å². The zero-order chi connectivity index (χ0) is 13.0. The monoisotopic (exact) mass is 247 g/mol. The predicted molar refractivity (Wildman–Crippen MR) is 65.2 cm³/mol. The summed E-state index contributed by atoms with van der Waals surface area (Å²) in [5, 5.41) is 0. The van der Waals surface area contributed by atoms with Gasteiger partial charge in [-0.3, -0.25) is 9.59 Å². The van der Waals surface area contributed by atoms with E-state index in [4.69, 9.17) is 9.47 Å². The lowest BCUT2D eigenvalue weighted by Crippen LogP contribution is -2.29. The molecule has 0 fully saturated rings. The van der Waals surface area contributed by atoms with Gasteiger partial charge in [0.1, 0.15) is 5.75 Å². The molecule has 0 unspecified atom stereocenters. The van der Waals surface area contributed by atoms with Gasteiger partial charge in [0, 0.05) is 18.8 Å². The van der Waals surface area contributed by atoms with Crippen molar-refractivity contribution in [1.82, 2.24) is 0 Å². The zero-order valence-electron chi connectivity index (χ0n) is 9.96. The second-order valence-electron chi connectivity index (χ2n) is 3.59. The number of amides is 2. The van der Waals surface area contributed by atoms with Gasteiger partial charge in [-0.05, 0) is 31.2 Å². The molecular formula is C13H13NO4. The minimum absolute atomic E-state index is 0.180. The summed E-state index contributed by atoms with van der Waals surface area (Å²) >= 11 is 0.